The smallest absolute Gasteiger partial charge is 0.187 e. The van der Waals surface area contributed by atoms with Gasteiger partial charge in [0.15, 0.2) is 25.2 Å². The minimum atomic E-state index is -1.86. The Kier molecular flexibility index (Phi) is 18.4. The van der Waals surface area contributed by atoms with Crippen LogP contribution in [0, 0.1) is 50.7 Å². The van der Waals surface area contributed by atoms with Crippen LogP contribution in [0.2, 0.25) is 0 Å². The molecular formula is C54H92O22. The zero-order chi connectivity index (χ0) is 55.9. The maximum absolute atomic E-state index is 12.7. The lowest BCUT2D eigenvalue weighted by molar-refractivity contribution is -0.378. The van der Waals surface area contributed by atoms with Crippen molar-refractivity contribution in [2.45, 2.75) is 249 Å². The Morgan fingerprint density at radius 3 is 1.79 bits per heavy atom. The number of ether oxygens (including phenoxy) is 8. The SMILES string of the molecule is C[C@H](CCC(OC1OC(COC2OCC(O)C(O)C2O)C(O)C(O)C1OC1OC(CO)C(O)C(O)C1O)C(C)(C)C)[C@H]1CC[C@@]2(C)C3CC=C4[C@@H](CC[C@H](OC5OC(CO)C(O)C(O)C5O)C4(C)C)[C@]3(C)[C@H](O)C[C@]12C. The van der Waals surface area contributed by atoms with E-state index in [-0.39, 0.29) is 41.1 Å². The normalized spacial score (nSPS) is 51.5. The fourth-order valence-electron chi connectivity index (χ4n) is 15.5. The van der Waals surface area contributed by atoms with E-state index in [1.807, 2.05) is 20.8 Å². The molecule has 0 spiro atoms. The van der Waals surface area contributed by atoms with E-state index in [0.29, 0.717) is 25.7 Å². The van der Waals surface area contributed by atoms with Gasteiger partial charge in [-0.2, -0.15) is 0 Å². The van der Waals surface area contributed by atoms with Gasteiger partial charge in [-0.05, 0) is 91.3 Å². The predicted molar refractivity (Wildman–Crippen MR) is 265 cm³/mol. The molecule has 0 aromatic heterocycles. The second-order valence-corrected chi connectivity index (χ2v) is 26.1. The molecule has 3 saturated carbocycles. The molecule has 8 rings (SSSR count). The maximum Gasteiger partial charge on any atom is 0.187 e. The Morgan fingerprint density at radius 1 is 0.632 bits per heavy atom. The van der Waals surface area contributed by atoms with Crippen molar-refractivity contribution in [3.63, 3.8) is 0 Å². The van der Waals surface area contributed by atoms with Crippen molar-refractivity contribution >= 4 is 0 Å². The van der Waals surface area contributed by atoms with Gasteiger partial charge in [-0.25, -0.2) is 0 Å². The minimum Gasteiger partial charge on any atom is -0.394 e. The summed E-state index contributed by atoms with van der Waals surface area (Å²) in [6, 6.07) is 0. The summed E-state index contributed by atoms with van der Waals surface area (Å²) in [7, 11) is 0. The van der Waals surface area contributed by atoms with Crippen molar-refractivity contribution in [1.29, 1.82) is 0 Å². The van der Waals surface area contributed by atoms with E-state index in [1.165, 1.54) is 5.57 Å². The van der Waals surface area contributed by atoms with Crippen LogP contribution in [-0.4, -0.2) is 233 Å². The van der Waals surface area contributed by atoms with Crippen LogP contribution in [0.1, 0.15) is 114 Å². The highest BCUT2D eigenvalue weighted by Gasteiger charge is 2.70. The van der Waals surface area contributed by atoms with Crippen molar-refractivity contribution < 1.29 is 109 Å². The van der Waals surface area contributed by atoms with Crippen molar-refractivity contribution in [1.82, 2.24) is 0 Å². The summed E-state index contributed by atoms with van der Waals surface area (Å²) in [6.45, 7) is 17.3. The molecule has 4 saturated heterocycles. The lowest BCUT2D eigenvalue weighted by Gasteiger charge is -2.67. The molecule has 4 heterocycles. The van der Waals surface area contributed by atoms with Gasteiger partial charge in [-0.1, -0.05) is 74.0 Å². The monoisotopic (exact) mass is 1090 g/mol. The first kappa shape index (κ1) is 60.9. The molecule has 76 heavy (non-hydrogen) atoms. The number of allylic oxidation sites excluding steroid dienone is 1. The number of hydrogen-bond donors (Lipinski definition) is 14. The quantitative estimate of drug-likeness (QED) is 0.0846. The molecule has 14 N–H and O–H groups in total. The third kappa shape index (κ3) is 10.7. The zero-order valence-electron chi connectivity index (χ0n) is 45.6. The van der Waals surface area contributed by atoms with Gasteiger partial charge in [0.25, 0.3) is 0 Å². The summed E-state index contributed by atoms with van der Waals surface area (Å²) in [5.41, 5.74) is -0.792. The van der Waals surface area contributed by atoms with E-state index >= 15 is 0 Å². The van der Waals surface area contributed by atoms with Crippen molar-refractivity contribution in [3.8, 4) is 0 Å². The Morgan fingerprint density at radius 2 is 1.20 bits per heavy atom. The molecule has 21 unspecified atom stereocenters. The molecule has 0 radical (unpaired) electrons. The molecule has 0 aromatic carbocycles. The van der Waals surface area contributed by atoms with Crippen LogP contribution in [0.15, 0.2) is 11.6 Å². The second-order valence-electron chi connectivity index (χ2n) is 26.1. The van der Waals surface area contributed by atoms with Gasteiger partial charge in [0.2, 0.25) is 0 Å². The van der Waals surface area contributed by atoms with E-state index in [1.54, 1.807) is 0 Å². The van der Waals surface area contributed by atoms with Crippen LogP contribution in [-0.2, 0) is 37.9 Å². The van der Waals surface area contributed by atoms with Gasteiger partial charge in [0.1, 0.15) is 91.6 Å². The molecule has 7 fully saturated rings. The summed E-state index contributed by atoms with van der Waals surface area (Å²) in [4.78, 5) is 0. The molecular weight excluding hydrogens is 1000 g/mol. The van der Waals surface area contributed by atoms with Crippen LogP contribution < -0.4 is 0 Å². The zero-order valence-corrected chi connectivity index (χ0v) is 45.6. The number of hydrogen-bond acceptors (Lipinski definition) is 22. The average molecular weight is 1090 g/mol. The lowest BCUT2D eigenvalue weighted by atomic mass is 9.38. The first-order valence-corrected chi connectivity index (χ1v) is 27.7. The molecule has 22 heteroatoms. The van der Waals surface area contributed by atoms with Crippen LogP contribution in [0.25, 0.3) is 0 Å². The summed E-state index contributed by atoms with van der Waals surface area (Å²) < 4.78 is 48.2. The Balaban J connectivity index is 0.982. The standard InChI is InChI=1S/C54H92O22/c1-23(24-16-17-52(7)31-13-11-25-26(54(31,9)32(58)18-53(24,52)8)12-15-34(51(25,5)6)75-47-43(67)39(63)36(60)28(19-55)71-47)10-14-33(50(2,3)4)74-49-45(76-48-44(68)40(64)37(61)29(20-56)72-48)41(65)38(62)30(73-49)22-70-46-42(66)35(59)27(57)21-69-46/h11,23-24,26-49,55-68H,10,12-22H2,1-9H3/t23-,24-,26-,27?,28?,29?,30?,31?,32-,33?,34+,35?,36?,37?,38?,39?,40?,41?,42?,43?,44?,45?,46?,47?,48?,49?,52+,53-,54+/m1/s1. The van der Waals surface area contributed by atoms with Crippen molar-refractivity contribution in [2.75, 3.05) is 26.4 Å². The molecule has 8 aliphatic rings. The van der Waals surface area contributed by atoms with Crippen molar-refractivity contribution in [2.24, 2.45) is 50.7 Å². The van der Waals surface area contributed by atoms with E-state index in [4.69, 9.17) is 37.9 Å². The minimum absolute atomic E-state index is 0.0452. The Hall–Kier alpha value is -1.14. The van der Waals surface area contributed by atoms with Gasteiger partial charge in [-0.3, -0.25) is 0 Å². The van der Waals surface area contributed by atoms with Gasteiger partial charge >= 0.3 is 0 Å². The molecule has 440 valence electrons. The largest absolute Gasteiger partial charge is 0.394 e. The molecule has 0 aromatic rings. The van der Waals surface area contributed by atoms with Crippen LogP contribution in [0.3, 0.4) is 0 Å². The molecule has 4 aliphatic heterocycles. The van der Waals surface area contributed by atoms with Crippen LogP contribution in [0.5, 0.6) is 0 Å². The second kappa shape index (κ2) is 22.9. The summed E-state index contributed by atoms with van der Waals surface area (Å²) in [5.74, 6) is 0.545. The highest BCUT2D eigenvalue weighted by Crippen LogP contribution is 2.75. The average Bonchev–Trinajstić information content (AvgIpc) is 3.88. The van der Waals surface area contributed by atoms with Gasteiger partial charge in [0.05, 0.1) is 44.7 Å². The van der Waals surface area contributed by atoms with Crippen LogP contribution >= 0.6 is 0 Å². The third-order valence-electron chi connectivity index (χ3n) is 20.6. The number of aliphatic hydroxyl groups is 14. The number of rotatable bonds is 15. The van der Waals surface area contributed by atoms with E-state index in [9.17, 15) is 71.5 Å². The third-order valence-corrected chi connectivity index (χ3v) is 20.6. The molecule has 22 nitrogen and oxygen atoms in total. The van der Waals surface area contributed by atoms with E-state index in [2.05, 4.69) is 47.6 Å². The van der Waals surface area contributed by atoms with Gasteiger partial charge < -0.3 is 109 Å². The Bertz CT molecular complexity index is 1970. The number of aliphatic hydroxyl groups excluding tert-OH is 14. The first-order valence-electron chi connectivity index (χ1n) is 27.7. The highest BCUT2D eigenvalue weighted by molar-refractivity contribution is 5.32. The summed E-state index contributed by atoms with van der Waals surface area (Å²) in [6.07, 6.45) is -22.9. The molecule has 0 bridgehead atoms. The maximum atomic E-state index is 12.7. The molecule has 4 aliphatic carbocycles. The molecule has 0 amide bonds. The predicted octanol–water partition coefficient (Wildman–Crippen LogP) is -1.32. The van der Waals surface area contributed by atoms with E-state index in [0.717, 1.165) is 25.7 Å². The van der Waals surface area contributed by atoms with E-state index < -0.39 is 171 Å². The van der Waals surface area contributed by atoms with Gasteiger partial charge in [-0.15, -0.1) is 0 Å². The Labute approximate surface area is 445 Å². The van der Waals surface area contributed by atoms with Gasteiger partial charge in [0, 0.05) is 10.8 Å². The first-order chi connectivity index (χ1) is 35.5. The van der Waals surface area contributed by atoms with Crippen molar-refractivity contribution in [3.05, 3.63) is 11.6 Å². The fraction of sp³-hybridized carbons (Fsp3) is 0.963. The summed E-state index contributed by atoms with van der Waals surface area (Å²) >= 11 is 0. The van der Waals surface area contributed by atoms with Crippen LogP contribution in [0.4, 0.5) is 0 Å². The lowest BCUT2D eigenvalue weighted by Crippen LogP contribution is -2.65. The number of fused-ring (bicyclic) bond motifs is 5. The highest BCUT2D eigenvalue weighted by atomic mass is 16.8. The summed E-state index contributed by atoms with van der Waals surface area (Å²) in [5, 5.41) is 150. The molecule has 29 atom stereocenters. The fourth-order valence-corrected chi connectivity index (χ4v) is 15.5. The topological polar surface area (TPSA) is 357 Å².